The van der Waals surface area contributed by atoms with Gasteiger partial charge < -0.3 is 15.0 Å². The van der Waals surface area contributed by atoms with Gasteiger partial charge in [-0.2, -0.15) is 0 Å². The van der Waals surface area contributed by atoms with E-state index in [1.807, 2.05) is 48.2 Å². The molecule has 1 N–H and O–H groups in total. The molecule has 4 nitrogen and oxygen atoms in total. The predicted octanol–water partition coefficient (Wildman–Crippen LogP) is 9.97. The number of hydrogen-bond donors (Lipinski definition) is 1. The van der Waals surface area contributed by atoms with Gasteiger partial charge >= 0.3 is 0 Å². The van der Waals surface area contributed by atoms with E-state index in [2.05, 4.69) is 36.3 Å². The minimum atomic E-state index is -0.0771. The molecule has 3 rings (SSSR count). The molecule has 1 amide bonds. The van der Waals surface area contributed by atoms with Crippen molar-refractivity contribution in [3.63, 3.8) is 0 Å². The number of rotatable bonds is 19. The van der Waals surface area contributed by atoms with Gasteiger partial charge in [0, 0.05) is 23.5 Å². The molecule has 0 saturated heterocycles. The van der Waals surface area contributed by atoms with Gasteiger partial charge in [-0.05, 0) is 53.6 Å². The maximum absolute atomic E-state index is 12.7. The topological polar surface area (TPSA) is 41.6 Å². The standard InChI is InChI=1S/C33H47ClN2O2S/c1-3-4-5-6-7-8-9-10-11-12-13-14-20-38-31-19-18-29(32(34)23-31)22-33(37)35-30-17-15-16-28(21-30)25-36-24-27(2)39-26-36/h15-19,21,23-24H,3-14,20,22,25-26H2,1-2H3,(H,35,37). The van der Waals surface area contributed by atoms with Crippen molar-refractivity contribution in [2.75, 3.05) is 17.8 Å². The molecule has 0 saturated carbocycles. The highest BCUT2D eigenvalue weighted by Crippen LogP contribution is 2.27. The lowest BCUT2D eigenvalue weighted by Crippen LogP contribution is -2.16. The van der Waals surface area contributed by atoms with Crippen molar-refractivity contribution in [1.82, 2.24) is 4.90 Å². The average Bonchev–Trinajstić information content (AvgIpc) is 3.32. The Hall–Kier alpha value is -2.11. The summed E-state index contributed by atoms with van der Waals surface area (Å²) in [5, 5.41) is 3.59. The van der Waals surface area contributed by atoms with Gasteiger partial charge in [-0.3, -0.25) is 4.79 Å². The molecular weight excluding hydrogens is 524 g/mol. The van der Waals surface area contributed by atoms with E-state index in [4.69, 9.17) is 16.3 Å². The molecule has 0 aromatic heterocycles. The maximum Gasteiger partial charge on any atom is 0.228 e. The van der Waals surface area contributed by atoms with Crippen LogP contribution < -0.4 is 10.1 Å². The van der Waals surface area contributed by atoms with Crippen molar-refractivity contribution in [2.45, 2.75) is 104 Å². The van der Waals surface area contributed by atoms with Gasteiger partial charge in [0.1, 0.15) is 5.75 Å². The van der Waals surface area contributed by atoms with Crippen LogP contribution >= 0.6 is 23.4 Å². The summed E-state index contributed by atoms with van der Waals surface area (Å²) in [6.07, 6.45) is 18.4. The van der Waals surface area contributed by atoms with Crippen LogP contribution in [0.5, 0.6) is 5.75 Å². The molecular formula is C33H47ClN2O2S. The summed E-state index contributed by atoms with van der Waals surface area (Å²) in [7, 11) is 0. The first-order valence-corrected chi connectivity index (χ1v) is 16.2. The fourth-order valence-electron chi connectivity index (χ4n) is 4.86. The second-order valence-electron chi connectivity index (χ2n) is 10.7. The third kappa shape index (κ3) is 12.7. The van der Waals surface area contributed by atoms with Crippen molar-refractivity contribution < 1.29 is 9.53 Å². The lowest BCUT2D eigenvalue weighted by molar-refractivity contribution is -0.115. The molecule has 0 aliphatic carbocycles. The Labute approximate surface area is 245 Å². The molecule has 1 aliphatic heterocycles. The summed E-state index contributed by atoms with van der Waals surface area (Å²) in [5.41, 5.74) is 2.79. The third-order valence-electron chi connectivity index (χ3n) is 7.06. The smallest absolute Gasteiger partial charge is 0.228 e. The summed E-state index contributed by atoms with van der Waals surface area (Å²) in [6, 6.07) is 13.7. The fraction of sp³-hybridized carbons (Fsp3) is 0.545. The highest BCUT2D eigenvalue weighted by molar-refractivity contribution is 8.03. The third-order valence-corrected chi connectivity index (χ3v) is 8.43. The van der Waals surface area contributed by atoms with E-state index < -0.39 is 0 Å². The number of unbranched alkanes of at least 4 members (excludes halogenated alkanes) is 11. The van der Waals surface area contributed by atoms with E-state index in [1.165, 1.54) is 81.1 Å². The molecule has 214 valence electrons. The summed E-state index contributed by atoms with van der Waals surface area (Å²) < 4.78 is 5.91. The van der Waals surface area contributed by atoms with E-state index in [9.17, 15) is 4.79 Å². The Kier molecular flexibility index (Phi) is 14.7. The van der Waals surface area contributed by atoms with Crippen LogP contribution in [0.4, 0.5) is 5.69 Å². The predicted molar refractivity (Wildman–Crippen MR) is 169 cm³/mol. The molecule has 0 atom stereocenters. The first-order chi connectivity index (χ1) is 19.0. The number of benzene rings is 2. The summed E-state index contributed by atoms with van der Waals surface area (Å²) >= 11 is 8.34. The highest BCUT2D eigenvalue weighted by atomic mass is 35.5. The molecule has 39 heavy (non-hydrogen) atoms. The number of amides is 1. The summed E-state index contributed by atoms with van der Waals surface area (Å²) in [6.45, 7) is 5.94. The van der Waals surface area contributed by atoms with Gasteiger partial charge in [-0.1, -0.05) is 107 Å². The monoisotopic (exact) mass is 570 g/mol. The molecule has 6 heteroatoms. The quantitative estimate of drug-likeness (QED) is 0.171. The largest absolute Gasteiger partial charge is 0.494 e. The van der Waals surface area contributed by atoms with E-state index >= 15 is 0 Å². The second kappa shape index (κ2) is 18.3. The van der Waals surface area contributed by atoms with Crippen molar-refractivity contribution in [3.8, 4) is 5.75 Å². The Morgan fingerprint density at radius 3 is 2.28 bits per heavy atom. The zero-order chi connectivity index (χ0) is 27.7. The number of hydrogen-bond acceptors (Lipinski definition) is 4. The zero-order valence-corrected chi connectivity index (χ0v) is 25.6. The number of anilines is 1. The van der Waals surface area contributed by atoms with Gasteiger partial charge in [0.05, 0.1) is 18.9 Å². The van der Waals surface area contributed by atoms with Gasteiger partial charge in [-0.25, -0.2) is 0 Å². The number of nitrogens with one attached hydrogen (secondary N) is 1. The minimum Gasteiger partial charge on any atom is -0.494 e. The number of thioether (sulfide) groups is 1. The first-order valence-electron chi connectivity index (χ1n) is 14.9. The van der Waals surface area contributed by atoms with Gasteiger partial charge in [0.15, 0.2) is 0 Å². The zero-order valence-electron chi connectivity index (χ0n) is 24.0. The molecule has 1 aliphatic rings. The lowest BCUT2D eigenvalue weighted by atomic mass is 10.1. The Morgan fingerprint density at radius 1 is 0.949 bits per heavy atom. The number of ether oxygens (including phenoxy) is 1. The van der Waals surface area contributed by atoms with Crippen LogP contribution in [0.2, 0.25) is 5.02 Å². The second-order valence-corrected chi connectivity index (χ2v) is 12.3. The van der Waals surface area contributed by atoms with Crippen LogP contribution in [0.3, 0.4) is 0 Å². The van der Waals surface area contributed by atoms with Crippen molar-refractivity contribution in [1.29, 1.82) is 0 Å². The SMILES string of the molecule is CCCCCCCCCCCCCCOc1ccc(CC(=O)Nc2cccc(CN3C=C(C)SC3)c2)c(Cl)c1. The average molecular weight is 571 g/mol. The van der Waals surface area contributed by atoms with Gasteiger partial charge in [-0.15, -0.1) is 11.8 Å². The van der Waals surface area contributed by atoms with E-state index in [0.717, 1.165) is 35.8 Å². The maximum atomic E-state index is 12.7. The van der Waals surface area contributed by atoms with Crippen LogP contribution in [0.1, 0.15) is 102 Å². The molecule has 0 bridgehead atoms. The summed E-state index contributed by atoms with van der Waals surface area (Å²) in [5.74, 6) is 1.66. The first kappa shape index (κ1) is 31.4. The molecule has 0 fully saturated rings. The molecule has 2 aromatic rings. The fourth-order valence-corrected chi connectivity index (χ4v) is 5.86. The Morgan fingerprint density at radius 2 is 1.64 bits per heavy atom. The highest BCUT2D eigenvalue weighted by Gasteiger charge is 2.12. The van der Waals surface area contributed by atoms with E-state index in [1.54, 1.807) is 0 Å². The molecule has 0 radical (unpaired) electrons. The molecule has 0 unspecified atom stereocenters. The van der Waals surface area contributed by atoms with Crippen molar-refractivity contribution >= 4 is 35.0 Å². The number of halogens is 1. The molecule has 0 spiro atoms. The summed E-state index contributed by atoms with van der Waals surface area (Å²) in [4.78, 5) is 16.3. The number of carbonyl (C=O) groups excluding carboxylic acids is 1. The van der Waals surface area contributed by atoms with Crippen LogP contribution in [0, 0.1) is 0 Å². The normalized spacial score (nSPS) is 13.0. The molecule has 1 heterocycles. The Bertz CT molecular complexity index is 1040. The van der Waals surface area contributed by atoms with Crippen molar-refractivity contribution in [3.05, 3.63) is 69.7 Å². The minimum absolute atomic E-state index is 0.0771. The molecule has 2 aromatic carbocycles. The van der Waals surface area contributed by atoms with Crippen LogP contribution in [0.25, 0.3) is 0 Å². The van der Waals surface area contributed by atoms with Gasteiger partial charge in [0.2, 0.25) is 5.91 Å². The Balaban J connectivity index is 1.29. The van der Waals surface area contributed by atoms with Crippen LogP contribution in [-0.2, 0) is 17.8 Å². The number of allylic oxidation sites excluding steroid dienone is 1. The lowest BCUT2D eigenvalue weighted by Gasteiger charge is -2.15. The van der Waals surface area contributed by atoms with Crippen LogP contribution in [-0.4, -0.2) is 23.3 Å². The van der Waals surface area contributed by atoms with Gasteiger partial charge in [0.25, 0.3) is 0 Å². The number of carbonyl (C=O) groups is 1. The number of nitrogens with zero attached hydrogens (tertiary/aromatic N) is 1. The van der Waals surface area contributed by atoms with Crippen LogP contribution in [0.15, 0.2) is 53.6 Å². The van der Waals surface area contributed by atoms with E-state index in [-0.39, 0.29) is 12.3 Å². The van der Waals surface area contributed by atoms with Crippen molar-refractivity contribution in [2.24, 2.45) is 0 Å². The van der Waals surface area contributed by atoms with E-state index in [0.29, 0.717) is 11.6 Å².